The van der Waals surface area contributed by atoms with Crippen molar-refractivity contribution in [2.45, 2.75) is 12.6 Å². The fourth-order valence-corrected chi connectivity index (χ4v) is 2.24. The molecule has 0 aromatic heterocycles. The van der Waals surface area contributed by atoms with Crippen molar-refractivity contribution in [1.82, 2.24) is 5.32 Å². The minimum Gasteiger partial charge on any atom is -0.493 e. The summed E-state index contributed by atoms with van der Waals surface area (Å²) < 4.78 is 10.9. The highest BCUT2D eigenvalue weighted by Crippen LogP contribution is 2.28. The number of aliphatic hydroxyl groups is 1. The average Bonchev–Trinajstić information content (AvgIpc) is 2.61. The minimum absolute atomic E-state index is 0.442. The number of nitrogens with one attached hydrogen (secondary N) is 1. The van der Waals surface area contributed by atoms with E-state index in [-0.39, 0.29) is 0 Å². The molecule has 2 N–H and O–H groups in total. The number of ether oxygens (including phenoxy) is 2. The van der Waals surface area contributed by atoms with Gasteiger partial charge in [-0.1, -0.05) is 49.1 Å². The molecule has 0 aliphatic rings. The Morgan fingerprint density at radius 1 is 1.17 bits per heavy atom. The number of methoxy groups -OCH3 is 1. The lowest BCUT2D eigenvalue weighted by atomic mass is 10.1. The lowest BCUT2D eigenvalue weighted by molar-refractivity contribution is 0.174. The highest BCUT2D eigenvalue weighted by molar-refractivity contribution is 5.43. The molecule has 0 aliphatic heterocycles. The summed E-state index contributed by atoms with van der Waals surface area (Å²) >= 11 is 0. The van der Waals surface area contributed by atoms with Crippen LogP contribution in [-0.4, -0.2) is 25.4 Å². The van der Waals surface area contributed by atoms with Gasteiger partial charge in [0.05, 0.1) is 13.2 Å². The molecule has 2 aromatic carbocycles. The zero-order chi connectivity index (χ0) is 16.5. The number of benzene rings is 2. The summed E-state index contributed by atoms with van der Waals surface area (Å²) in [5, 5.41) is 13.4. The summed E-state index contributed by atoms with van der Waals surface area (Å²) in [4.78, 5) is 0. The van der Waals surface area contributed by atoms with Gasteiger partial charge < -0.3 is 19.9 Å². The molecule has 0 fully saturated rings. The van der Waals surface area contributed by atoms with E-state index in [9.17, 15) is 5.11 Å². The van der Waals surface area contributed by atoms with E-state index in [1.54, 1.807) is 13.2 Å². The summed E-state index contributed by atoms with van der Waals surface area (Å²) in [6.45, 7) is 5.20. The molecular formula is C19H23NO3. The van der Waals surface area contributed by atoms with Crippen molar-refractivity contribution < 1.29 is 14.6 Å². The minimum atomic E-state index is -0.520. The summed E-state index contributed by atoms with van der Waals surface area (Å²) in [7, 11) is 1.62. The van der Waals surface area contributed by atoms with Crippen molar-refractivity contribution in [2.75, 3.05) is 20.3 Å². The maximum absolute atomic E-state index is 10.1. The lowest BCUT2D eigenvalue weighted by Gasteiger charge is -2.14. The first-order valence-corrected chi connectivity index (χ1v) is 7.59. The Labute approximate surface area is 137 Å². The Morgan fingerprint density at radius 3 is 2.65 bits per heavy atom. The van der Waals surface area contributed by atoms with E-state index >= 15 is 0 Å². The van der Waals surface area contributed by atoms with Crippen LogP contribution in [0, 0.1) is 0 Å². The van der Waals surface area contributed by atoms with Crippen molar-refractivity contribution in [1.29, 1.82) is 0 Å². The fourth-order valence-electron chi connectivity index (χ4n) is 2.24. The van der Waals surface area contributed by atoms with Crippen LogP contribution in [-0.2, 0) is 6.54 Å². The fraction of sp³-hybridized carbons (Fsp3) is 0.263. The predicted octanol–water partition coefficient (Wildman–Crippen LogP) is 3.08. The van der Waals surface area contributed by atoms with E-state index in [4.69, 9.17) is 9.47 Å². The van der Waals surface area contributed by atoms with Gasteiger partial charge in [0.1, 0.15) is 6.61 Å². The average molecular weight is 313 g/mol. The molecule has 2 rings (SSSR count). The van der Waals surface area contributed by atoms with E-state index < -0.39 is 6.10 Å². The van der Waals surface area contributed by atoms with Crippen LogP contribution in [0.5, 0.6) is 11.5 Å². The van der Waals surface area contributed by atoms with Gasteiger partial charge in [0.2, 0.25) is 0 Å². The van der Waals surface area contributed by atoms with Crippen LogP contribution in [0.25, 0.3) is 0 Å². The van der Waals surface area contributed by atoms with Gasteiger partial charge in [0, 0.05) is 13.1 Å². The van der Waals surface area contributed by atoms with E-state index in [1.807, 2.05) is 48.5 Å². The SMILES string of the molecule is C=CCOc1ccc(CNCC(O)c2ccccc2)cc1OC. The number of aliphatic hydroxyl groups excluding tert-OH is 1. The molecule has 0 spiro atoms. The van der Waals surface area contributed by atoms with Crippen LogP contribution in [0.2, 0.25) is 0 Å². The second kappa shape index (κ2) is 8.98. The molecule has 0 saturated carbocycles. The largest absolute Gasteiger partial charge is 0.493 e. The first-order chi connectivity index (χ1) is 11.2. The molecule has 0 bridgehead atoms. The Balaban J connectivity index is 1.89. The van der Waals surface area contributed by atoms with Gasteiger partial charge in [-0.25, -0.2) is 0 Å². The van der Waals surface area contributed by atoms with Crippen molar-refractivity contribution >= 4 is 0 Å². The maximum Gasteiger partial charge on any atom is 0.161 e. The Bertz CT molecular complexity index is 613. The molecule has 1 unspecified atom stereocenters. The Morgan fingerprint density at radius 2 is 1.96 bits per heavy atom. The number of hydrogen-bond acceptors (Lipinski definition) is 4. The quantitative estimate of drug-likeness (QED) is 0.699. The molecule has 0 radical (unpaired) electrons. The number of hydrogen-bond donors (Lipinski definition) is 2. The van der Waals surface area contributed by atoms with Crippen molar-refractivity contribution in [3.63, 3.8) is 0 Å². The maximum atomic E-state index is 10.1. The summed E-state index contributed by atoms with van der Waals surface area (Å²) in [6.07, 6.45) is 1.17. The van der Waals surface area contributed by atoms with E-state index in [2.05, 4.69) is 11.9 Å². The van der Waals surface area contributed by atoms with Gasteiger partial charge in [0.25, 0.3) is 0 Å². The van der Waals surface area contributed by atoms with Gasteiger partial charge in [0.15, 0.2) is 11.5 Å². The molecule has 1 atom stereocenters. The standard InChI is InChI=1S/C19H23NO3/c1-3-11-23-18-10-9-15(12-19(18)22-2)13-20-14-17(21)16-7-5-4-6-8-16/h3-10,12,17,20-21H,1,11,13-14H2,2H3. The molecular weight excluding hydrogens is 290 g/mol. The van der Waals surface area contributed by atoms with Crippen LogP contribution in [0.4, 0.5) is 0 Å². The van der Waals surface area contributed by atoms with E-state index in [0.29, 0.717) is 31.2 Å². The molecule has 4 heteroatoms. The summed E-state index contributed by atoms with van der Waals surface area (Å²) in [5.41, 5.74) is 1.97. The van der Waals surface area contributed by atoms with Crippen LogP contribution < -0.4 is 14.8 Å². The molecule has 0 aliphatic carbocycles. The molecule has 122 valence electrons. The molecule has 23 heavy (non-hydrogen) atoms. The van der Waals surface area contributed by atoms with Gasteiger partial charge in [-0.15, -0.1) is 0 Å². The van der Waals surface area contributed by atoms with Gasteiger partial charge in [-0.05, 0) is 23.3 Å². The third-order valence-corrected chi connectivity index (χ3v) is 3.44. The van der Waals surface area contributed by atoms with Crippen LogP contribution in [0.15, 0.2) is 61.2 Å². The Kier molecular flexibility index (Phi) is 6.66. The van der Waals surface area contributed by atoms with Crippen LogP contribution in [0.1, 0.15) is 17.2 Å². The third-order valence-electron chi connectivity index (χ3n) is 3.44. The van der Waals surface area contributed by atoms with Crippen molar-refractivity contribution in [3.8, 4) is 11.5 Å². The first-order valence-electron chi connectivity index (χ1n) is 7.59. The molecule has 0 amide bonds. The third kappa shape index (κ3) is 5.13. The summed E-state index contributed by atoms with van der Waals surface area (Å²) in [6, 6.07) is 15.4. The number of rotatable bonds is 9. The molecule has 2 aromatic rings. The normalized spacial score (nSPS) is 11.7. The monoisotopic (exact) mass is 313 g/mol. The van der Waals surface area contributed by atoms with E-state index in [1.165, 1.54) is 0 Å². The zero-order valence-electron chi connectivity index (χ0n) is 13.4. The Hall–Kier alpha value is -2.30. The smallest absolute Gasteiger partial charge is 0.161 e. The highest BCUT2D eigenvalue weighted by atomic mass is 16.5. The van der Waals surface area contributed by atoms with Gasteiger partial charge in [-0.3, -0.25) is 0 Å². The van der Waals surface area contributed by atoms with Gasteiger partial charge in [-0.2, -0.15) is 0 Å². The topological polar surface area (TPSA) is 50.7 Å². The predicted molar refractivity (Wildman–Crippen MR) is 91.8 cm³/mol. The lowest BCUT2D eigenvalue weighted by Crippen LogP contribution is -2.21. The second-order valence-electron chi connectivity index (χ2n) is 5.14. The zero-order valence-corrected chi connectivity index (χ0v) is 13.4. The first kappa shape index (κ1) is 17.1. The van der Waals surface area contributed by atoms with Gasteiger partial charge >= 0.3 is 0 Å². The van der Waals surface area contributed by atoms with Crippen LogP contribution >= 0.6 is 0 Å². The van der Waals surface area contributed by atoms with Crippen molar-refractivity contribution in [3.05, 3.63) is 72.3 Å². The van der Waals surface area contributed by atoms with E-state index in [0.717, 1.165) is 11.1 Å². The molecule has 0 saturated heterocycles. The second-order valence-corrected chi connectivity index (χ2v) is 5.14. The van der Waals surface area contributed by atoms with Crippen LogP contribution in [0.3, 0.4) is 0 Å². The highest BCUT2D eigenvalue weighted by Gasteiger charge is 2.08. The summed E-state index contributed by atoms with van der Waals surface area (Å²) in [5.74, 6) is 1.38. The van der Waals surface area contributed by atoms with Crippen molar-refractivity contribution in [2.24, 2.45) is 0 Å². The molecule has 4 nitrogen and oxygen atoms in total. The molecule has 0 heterocycles.